The number of halogens is 1. The molecule has 0 spiro atoms. The summed E-state index contributed by atoms with van der Waals surface area (Å²) in [6, 6.07) is 1.91. The van der Waals surface area contributed by atoms with Crippen molar-refractivity contribution in [3.63, 3.8) is 0 Å². The van der Waals surface area contributed by atoms with Crippen molar-refractivity contribution < 1.29 is 0 Å². The fourth-order valence-electron chi connectivity index (χ4n) is 1.36. The number of hydrazine groups is 1. The molecule has 0 radical (unpaired) electrons. The molecule has 1 aliphatic rings. The van der Waals surface area contributed by atoms with Gasteiger partial charge in [-0.05, 0) is 19.1 Å². The van der Waals surface area contributed by atoms with Gasteiger partial charge in [-0.15, -0.1) is 4.03 Å². The van der Waals surface area contributed by atoms with Crippen molar-refractivity contribution in [2.75, 3.05) is 17.3 Å². The average Bonchev–Trinajstić information content (AvgIpc) is 2.56. The van der Waals surface area contributed by atoms with Crippen molar-refractivity contribution in [3.05, 3.63) is 30.2 Å². The Balaban J connectivity index is 2.40. The molecule has 2 heterocycles. The molecule has 2 rings (SSSR count). The molecule has 0 bridgehead atoms. The van der Waals surface area contributed by atoms with Crippen LogP contribution in [0.25, 0.3) is 0 Å². The van der Waals surface area contributed by atoms with Crippen LogP contribution in [0.3, 0.4) is 0 Å². The highest BCUT2D eigenvalue weighted by atomic mass is 79.9. The molecule has 0 unspecified atom stereocenters. The van der Waals surface area contributed by atoms with E-state index in [0.29, 0.717) is 5.69 Å². The van der Waals surface area contributed by atoms with E-state index in [1.807, 2.05) is 28.2 Å². The van der Waals surface area contributed by atoms with E-state index in [4.69, 9.17) is 5.73 Å². The molecule has 0 amide bonds. The molecule has 2 N–H and O–H groups in total. The second-order valence-electron chi connectivity index (χ2n) is 3.12. The molecule has 0 aromatic carbocycles. The number of aryl methyl sites for hydroxylation is 1. The first-order valence-electron chi connectivity index (χ1n) is 4.30. The van der Waals surface area contributed by atoms with Crippen LogP contribution in [-0.2, 0) is 0 Å². The second-order valence-corrected chi connectivity index (χ2v) is 3.94. The highest BCUT2D eigenvalue weighted by Gasteiger charge is 2.17. The van der Waals surface area contributed by atoms with E-state index in [-0.39, 0.29) is 0 Å². The van der Waals surface area contributed by atoms with Gasteiger partial charge in [0.25, 0.3) is 0 Å². The molecule has 1 aliphatic heterocycles. The van der Waals surface area contributed by atoms with E-state index in [9.17, 15) is 0 Å². The summed E-state index contributed by atoms with van der Waals surface area (Å²) < 4.78 is 1.91. The summed E-state index contributed by atoms with van der Waals surface area (Å²) >= 11 is 3.43. The van der Waals surface area contributed by atoms with Crippen molar-refractivity contribution in [3.8, 4) is 0 Å². The lowest BCUT2D eigenvalue weighted by Crippen LogP contribution is -2.26. The van der Waals surface area contributed by atoms with Crippen molar-refractivity contribution in [1.29, 1.82) is 0 Å². The number of anilines is 2. The van der Waals surface area contributed by atoms with Crippen LogP contribution in [0.15, 0.2) is 24.5 Å². The third-order valence-corrected chi connectivity index (χ3v) is 2.70. The van der Waals surface area contributed by atoms with Crippen molar-refractivity contribution >= 4 is 27.5 Å². The predicted molar refractivity (Wildman–Crippen MR) is 60.6 cm³/mol. The van der Waals surface area contributed by atoms with Crippen LogP contribution >= 0.6 is 16.1 Å². The van der Waals surface area contributed by atoms with Crippen LogP contribution in [0.2, 0.25) is 0 Å². The molecular weight excluding hydrogens is 244 g/mol. The van der Waals surface area contributed by atoms with E-state index in [2.05, 4.69) is 27.2 Å². The Hall–Kier alpha value is -1.07. The Bertz CT molecular complexity index is 377. The zero-order chi connectivity index (χ0) is 10.1. The molecule has 0 saturated heterocycles. The molecule has 4 nitrogen and oxygen atoms in total. The molecule has 0 aliphatic carbocycles. The van der Waals surface area contributed by atoms with Crippen molar-refractivity contribution in [2.24, 2.45) is 0 Å². The van der Waals surface area contributed by atoms with Crippen molar-refractivity contribution in [1.82, 2.24) is 9.02 Å². The van der Waals surface area contributed by atoms with E-state index in [1.54, 1.807) is 6.20 Å². The topological polar surface area (TPSA) is 45.4 Å². The number of nitrogens with zero attached hydrogens (tertiary/aromatic N) is 3. The number of aromatic nitrogens is 1. The monoisotopic (exact) mass is 254 g/mol. The fraction of sp³-hybridized carbons (Fsp3) is 0.222. The number of rotatable bonds is 1. The summed E-state index contributed by atoms with van der Waals surface area (Å²) in [4.78, 5) is 4.21. The standard InChI is InChI=1S/C9H11BrN4/c1-7-9(5-8(11)6-12-7)13-3-2-4-14(13)10/h2-3,5-6H,4,11H2,1H3. The summed E-state index contributed by atoms with van der Waals surface area (Å²) in [6.07, 6.45) is 5.70. The number of hydrogen-bond acceptors (Lipinski definition) is 4. The van der Waals surface area contributed by atoms with E-state index >= 15 is 0 Å². The molecule has 0 saturated carbocycles. The van der Waals surface area contributed by atoms with Gasteiger partial charge in [-0.25, -0.2) is 0 Å². The first kappa shape index (κ1) is 9.48. The lowest BCUT2D eigenvalue weighted by Gasteiger charge is -2.24. The first-order chi connectivity index (χ1) is 6.68. The van der Waals surface area contributed by atoms with Crippen LogP contribution in [0.5, 0.6) is 0 Å². The Morgan fingerprint density at radius 1 is 1.57 bits per heavy atom. The molecule has 1 aromatic rings. The Labute approximate surface area is 91.3 Å². The minimum absolute atomic E-state index is 0.673. The highest BCUT2D eigenvalue weighted by Crippen LogP contribution is 2.26. The summed E-state index contributed by atoms with van der Waals surface area (Å²) in [7, 11) is 0. The molecular formula is C9H11BrN4. The van der Waals surface area contributed by atoms with Gasteiger partial charge in [0.1, 0.15) is 0 Å². The number of hydrogen-bond donors (Lipinski definition) is 1. The predicted octanol–water partition coefficient (Wildman–Crippen LogP) is 1.83. The van der Waals surface area contributed by atoms with E-state index in [0.717, 1.165) is 17.9 Å². The SMILES string of the molecule is Cc1ncc(N)cc1N1C=CCN1Br. The molecule has 1 aromatic heterocycles. The largest absolute Gasteiger partial charge is 0.397 e. The lowest BCUT2D eigenvalue weighted by molar-refractivity contribution is 0.577. The molecule has 14 heavy (non-hydrogen) atoms. The van der Waals surface area contributed by atoms with Crippen LogP contribution < -0.4 is 10.7 Å². The molecule has 0 atom stereocenters. The van der Waals surface area contributed by atoms with Gasteiger partial charge in [-0.2, -0.15) is 0 Å². The molecule has 5 heteroatoms. The zero-order valence-corrected chi connectivity index (χ0v) is 9.40. The maximum Gasteiger partial charge on any atom is 0.0815 e. The van der Waals surface area contributed by atoms with Gasteiger partial charge in [0.15, 0.2) is 0 Å². The van der Waals surface area contributed by atoms with Crippen LogP contribution in [0.4, 0.5) is 11.4 Å². The Morgan fingerprint density at radius 2 is 2.36 bits per heavy atom. The Kier molecular flexibility index (Phi) is 2.43. The summed E-state index contributed by atoms with van der Waals surface area (Å²) in [5, 5.41) is 1.97. The third kappa shape index (κ3) is 1.60. The smallest absolute Gasteiger partial charge is 0.0815 e. The van der Waals surface area contributed by atoms with Crippen molar-refractivity contribution in [2.45, 2.75) is 6.92 Å². The van der Waals surface area contributed by atoms with E-state index in [1.165, 1.54) is 0 Å². The summed E-state index contributed by atoms with van der Waals surface area (Å²) in [5.41, 5.74) is 8.32. The van der Waals surface area contributed by atoms with Crippen LogP contribution in [0.1, 0.15) is 5.69 Å². The minimum atomic E-state index is 0.673. The van der Waals surface area contributed by atoms with E-state index < -0.39 is 0 Å². The zero-order valence-electron chi connectivity index (χ0n) is 7.81. The van der Waals surface area contributed by atoms with Gasteiger partial charge in [-0.1, -0.05) is 0 Å². The number of pyridine rings is 1. The summed E-state index contributed by atoms with van der Waals surface area (Å²) in [6.45, 7) is 2.80. The lowest BCUT2D eigenvalue weighted by atomic mass is 10.3. The maximum atomic E-state index is 5.69. The molecule has 74 valence electrons. The third-order valence-electron chi connectivity index (χ3n) is 2.06. The van der Waals surface area contributed by atoms with Crippen LogP contribution in [0, 0.1) is 6.92 Å². The minimum Gasteiger partial charge on any atom is -0.397 e. The molecule has 0 fully saturated rings. The van der Waals surface area contributed by atoms with Gasteiger partial charge in [0.2, 0.25) is 0 Å². The fourth-order valence-corrected chi connectivity index (χ4v) is 1.80. The Morgan fingerprint density at radius 3 is 3.00 bits per heavy atom. The van der Waals surface area contributed by atoms with Gasteiger partial charge in [0.05, 0.1) is 29.8 Å². The number of nitrogens with two attached hydrogens (primary N) is 1. The average molecular weight is 255 g/mol. The quantitative estimate of drug-likeness (QED) is 0.777. The number of nitrogen functional groups attached to an aromatic ring is 1. The maximum absolute atomic E-state index is 5.69. The van der Waals surface area contributed by atoms with Gasteiger partial charge < -0.3 is 5.73 Å². The highest BCUT2D eigenvalue weighted by molar-refractivity contribution is 9.07. The van der Waals surface area contributed by atoms with Crippen LogP contribution in [-0.4, -0.2) is 15.6 Å². The second kappa shape index (κ2) is 3.59. The first-order valence-corrected chi connectivity index (χ1v) is 5.00. The summed E-state index contributed by atoms with van der Waals surface area (Å²) in [5.74, 6) is 0. The normalized spacial score (nSPS) is 16.6. The van der Waals surface area contributed by atoms with Gasteiger partial charge >= 0.3 is 0 Å². The van der Waals surface area contributed by atoms with Gasteiger partial charge in [-0.3, -0.25) is 9.99 Å². The van der Waals surface area contributed by atoms with Gasteiger partial charge in [0, 0.05) is 22.3 Å².